The van der Waals surface area contributed by atoms with Gasteiger partial charge in [0.15, 0.2) is 17.0 Å². The molecule has 6 rings (SSSR count). The van der Waals surface area contributed by atoms with E-state index < -0.39 is 0 Å². The molecule has 4 heterocycles. The van der Waals surface area contributed by atoms with E-state index in [1.54, 1.807) is 24.0 Å². The normalized spacial score (nSPS) is 21.7. The van der Waals surface area contributed by atoms with Crippen molar-refractivity contribution in [2.45, 2.75) is 12.5 Å². The molecule has 1 aliphatic carbocycles. The number of rotatable bonds is 4. The van der Waals surface area contributed by atoms with Gasteiger partial charge in [-0.25, -0.2) is 9.97 Å². The molecule has 160 valence electrons. The fourth-order valence-corrected chi connectivity index (χ4v) is 4.97. The quantitative estimate of drug-likeness (QED) is 0.464. The second kappa shape index (κ2) is 6.90. The van der Waals surface area contributed by atoms with Crippen LogP contribution < -0.4 is 10.5 Å². The first-order chi connectivity index (χ1) is 15.5. The first-order valence-corrected chi connectivity index (χ1v) is 10.5. The molecule has 0 radical (unpaired) electrons. The van der Waals surface area contributed by atoms with Gasteiger partial charge in [0.05, 0.1) is 18.0 Å². The van der Waals surface area contributed by atoms with E-state index >= 15 is 0 Å². The molecule has 0 N–H and O–H groups in total. The summed E-state index contributed by atoms with van der Waals surface area (Å²) in [6.45, 7) is 1.86. The van der Waals surface area contributed by atoms with E-state index in [0.717, 1.165) is 18.8 Å². The lowest BCUT2D eigenvalue weighted by molar-refractivity contribution is 0.363. The predicted octanol–water partition coefficient (Wildman–Crippen LogP) is 1.94. The molecule has 3 aromatic heterocycles. The Morgan fingerprint density at radius 3 is 2.78 bits per heavy atom. The van der Waals surface area contributed by atoms with Gasteiger partial charge in [0.1, 0.15) is 12.9 Å². The number of aromatic nitrogens is 6. The lowest BCUT2D eigenvalue weighted by atomic mass is 10.2. The average Bonchev–Trinajstić information content (AvgIpc) is 3.20. The summed E-state index contributed by atoms with van der Waals surface area (Å²) in [5.74, 6) is 2.16. The Labute approximate surface area is 186 Å². The molecule has 2 fully saturated rings. The number of piperidine rings is 1. The number of hydrogen-bond donors (Lipinski definition) is 0. The zero-order chi connectivity index (χ0) is 22.0. The molecule has 1 aliphatic heterocycles. The van der Waals surface area contributed by atoms with Crippen molar-refractivity contribution in [2.75, 3.05) is 18.0 Å². The number of anilines is 1. The summed E-state index contributed by atoms with van der Waals surface area (Å²) in [4.78, 5) is 27.8. The van der Waals surface area contributed by atoms with Crippen molar-refractivity contribution in [3.63, 3.8) is 0 Å². The molecule has 3 atom stereocenters. The molecule has 1 saturated carbocycles. The van der Waals surface area contributed by atoms with Crippen LogP contribution in [0.4, 0.5) is 5.69 Å². The van der Waals surface area contributed by atoms with E-state index in [-0.39, 0.29) is 18.0 Å². The maximum absolute atomic E-state index is 12.7. The van der Waals surface area contributed by atoms with Crippen molar-refractivity contribution in [1.29, 1.82) is 5.26 Å². The van der Waals surface area contributed by atoms with Gasteiger partial charge >= 0.3 is 0 Å². The molecular weight excluding hydrogens is 432 g/mol. The predicted molar refractivity (Wildman–Crippen MR) is 114 cm³/mol. The van der Waals surface area contributed by atoms with E-state index in [4.69, 9.17) is 16.1 Å². The van der Waals surface area contributed by atoms with Crippen molar-refractivity contribution >= 4 is 28.5 Å². The highest BCUT2D eigenvalue weighted by Gasteiger charge is 2.58. The lowest BCUT2D eigenvalue weighted by Crippen LogP contribution is -2.24. The molecule has 11 heteroatoms. The van der Waals surface area contributed by atoms with Crippen molar-refractivity contribution in [3.05, 3.63) is 63.5 Å². The molecule has 4 aromatic rings. The van der Waals surface area contributed by atoms with Crippen LogP contribution in [-0.4, -0.2) is 42.3 Å². The first-order valence-electron chi connectivity index (χ1n) is 10.2. The van der Waals surface area contributed by atoms with Crippen LogP contribution in [-0.2, 0) is 13.6 Å². The van der Waals surface area contributed by atoms with Gasteiger partial charge in [-0.05, 0) is 30.0 Å². The first kappa shape index (κ1) is 19.0. The minimum absolute atomic E-state index is 0.160. The third-order valence-corrected chi connectivity index (χ3v) is 6.58. The molecule has 10 nitrogen and oxygen atoms in total. The van der Waals surface area contributed by atoms with Crippen molar-refractivity contribution in [1.82, 2.24) is 29.2 Å². The van der Waals surface area contributed by atoms with Crippen LogP contribution >= 0.6 is 11.6 Å². The van der Waals surface area contributed by atoms with E-state index in [1.807, 2.05) is 12.1 Å². The van der Waals surface area contributed by atoms with E-state index in [9.17, 15) is 10.1 Å². The summed E-state index contributed by atoms with van der Waals surface area (Å²) in [5, 5.41) is 13.9. The largest absolute Gasteiger partial charge is 0.371 e. The van der Waals surface area contributed by atoms with E-state index in [0.29, 0.717) is 45.3 Å². The fraction of sp³-hybridized carbons (Fsp3) is 0.333. The van der Waals surface area contributed by atoms with Gasteiger partial charge in [-0.3, -0.25) is 9.36 Å². The standard InChI is InChI=1S/C21H17ClN8O2/c1-28-9-24-20-18(28)21(31)30(10-25-20)8-16-26-19(27-32-16)17-14-6-29(7-15(14)17)13-3-11(5-23)2-12(22)4-13/h2-4,9-10,14-15,17H,6-8H2,1H3/t14-,15+,17-. The third-order valence-electron chi connectivity index (χ3n) is 6.36. The second-order valence-electron chi connectivity index (χ2n) is 8.32. The minimum atomic E-state index is -0.202. The van der Waals surface area contributed by atoms with Crippen LogP contribution in [0.3, 0.4) is 0 Å². The Kier molecular flexibility index (Phi) is 4.10. The number of halogens is 1. The summed E-state index contributed by atoms with van der Waals surface area (Å²) < 4.78 is 8.53. The average molecular weight is 449 g/mol. The molecule has 0 amide bonds. The van der Waals surface area contributed by atoms with E-state index in [1.165, 1.54) is 10.9 Å². The smallest absolute Gasteiger partial charge is 0.280 e. The Hall–Kier alpha value is -3.71. The lowest BCUT2D eigenvalue weighted by Gasteiger charge is -2.22. The number of benzene rings is 1. The SMILES string of the molecule is Cn1cnc2ncn(Cc3nc([C@@H]4[C@@H]5CN(c6cc(Cl)cc(C#N)c6)C[C@@H]54)no3)c(=O)c21. The van der Waals surface area contributed by atoms with Crippen LogP contribution in [0.2, 0.25) is 5.02 Å². The van der Waals surface area contributed by atoms with Crippen LogP contribution in [0.5, 0.6) is 0 Å². The van der Waals surface area contributed by atoms with Crippen LogP contribution in [0, 0.1) is 23.2 Å². The van der Waals surface area contributed by atoms with Gasteiger partial charge in [0.2, 0.25) is 5.89 Å². The number of nitriles is 1. The van der Waals surface area contributed by atoms with Crippen molar-refractivity contribution in [2.24, 2.45) is 18.9 Å². The third kappa shape index (κ3) is 2.97. The monoisotopic (exact) mass is 448 g/mol. The Bertz CT molecular complexity index is 1450. The topological polar surface area (TPSA) is 119 Å². The van der Waals surface area contributed by atoms with Gasteiger partial charge in [0.25, 0.3) is 5.56 Å². The Balaban J connectivity index is 1.16. The van der Waals surface area contributed by atoms with Crippen LogP contribution in [0.15, 0.2) is 40.2 Å². The molecule has 1 aromatic carbocycles. The van der Waals surface area contributed by atoms with Crippen molar-refractivity contribution in [3.8, 4) is 6.07 Å². The maximum atomic E-state index is 12.7. The maximum Gasteiger partial charge on any atom is 0.280 e. The highest BCUT2D eigenvalue weighted by Crippen LogP contribution is 2.58. The molecule has 1 saturated heterocycles. The fourth-order valence-electron chi connectivity index (χ4n) is 4.74. The Morgan fingerprint density at radius 1 is 1.22 bits per heavy atom. The van der Waals surface area contributed by atoms with Gasteiger partial charge in [-0.1, -0.05) is 16.8 Å². The zero-order valence-electron chi connectivity index (χ0n) is 17.0. The van der Waals surface area contributed by atoms with Crippen LogP contribution in [0.1, 0.15) is 23.2 Å². The van der Waals surface area contributed by atoms with E-state index in [2.05, 4.69) is 31.1 Å². The number of fused-ring (bicyclic) bond motifs is 2. The Morgan fingerprint density at radius 2 is 2.00 bits per heavy atom. The number of aryl methyl sites for hydroxylation is 1. The molecule has 2 aliphatic rings. The molecule has 32 heavy (non-hydrogen) atoms. The summed E-state index contributed by atoms with van der Waals surface area (Å²) >= 11 is 6.15. The number of hydrogen-bond acceptors (Lipinski definition) is 8. The van der Waals surface area contributed by atoms with Crippen molar-refractivity contribution < 1.29 is 4.52 Å². The zero-order valence-corrected chi connectivity index (χ0v) is 17.8. The minimum Gasteiger partial charge on any atom is -0.371 e. The number of nitrogens with zero attached hydrogens (tertiary/aromatic N) is 8. The highest BCUT2D eigenvalue weighted by atomic mass is 35.5. The molecule has 0 unspecified atom stereocenters. The van der Waals surface area contributed by atoms with Gasteiger partial charge in [-0.15, -0.1) is 0 Å². The number of imidazole rings is 1. The van der Waals surface area contributed by atoms with Gasteiger partial charge < -0.3 is 14.0 Å². The van der Waals surface area contributed by atoms with Gasteiger partial charge in [-0.2, -0.15) is 10.2 Å². The second-order valence-corrected chi connectivity index (χ2v) is 8.76. The highest BCUT2D eigenvalue weighted by molar-refractivity contribution is 6.31. The van der Waals surface area contributed by atoms with Crippen LogP contribution in [0.25, 0.3) is 11.2 Å². The summed E-state index contributed by atoms with van der Waals surface area (Å²) in [7, 11) is 1.76. The summed E-state index contributed by atoms with van der Waals surface area (Å²) in [5.41, 5.74) is 2.17. The summed E-state index contributed by atoms with van der Waals surface area (Å²) in [6, 6.07) is 7.57. The molecule has 0 bridgehead atoms. The molecule has 0 spiro atoms. The summed E-state index contributed by atoms with van der Waals surface area (Å²) in [6.07, 6.45) is 3.01. The van der Waals surface area contributed by atoms with Gasteiger partial charge in [0, 0.05) is 36.8 Å². The molecular formula is C21H17ClN8O2.